The maximum atomic E-state index is 10.8. The minimum absolute atomic E-state index is 0.0783. The van der Waals surface area contributed by atoms with Crippen LogP contribution in [0, 0.1) is 0 Å². The average molecular weight is 164 g/mol. The molecule has 0 unspecified atom stereocenters. The third-order valence-electron chi connectivity index (χ3n) is 1.58. The first-order valence-corrected chi connectivity index (χ1v) is 3.90. The van der Waals surface area contributed by atoms with Gasteiger partial charge in [-0.3, -0.25) is 9.79 Å². The Morgan fingerprint density at radius 2 is 2.58 bits per heavy atom. The zero-order chi connectivity index (χ0) is 8.81. The van der Waals surface area contributed by atoms with Crippen LogP contribution in [0.3, 0.4) is 0 Å². The van der Waals surface area contributed by atoms with Crippen LogP contribution in [0.5, 0.6) is 0 Å². The quantitative estimate of drug-likeness (QED) is 0.599. The van der Waals surface area contributed by atoms with Crippen LogP contribution in [0.15, 0.2) is 28.8 Å². The normalized spacial score (nSPS) is 16.2. The molecule has 0 radical (unpaired) electrons. The van der Waals surface area contributed by atoms with E-state index in [0.717, 1.165) is 12.0 Å². The highest BCUT2D eigenvalue weighted by molar-refractivity contribution is 5.87. The predicted octanol–water partition coefficient (Wildman–Crippen LogP) is 0.690. The number of nitrogens with one attached hydrogen (secondary N) is 1. The number of amides is 1. The molecule has 1 aliphatic rings. The summed E-state index contributed by atoms with van der Waals surface area (Å²) in [6, 6.07) is 0. The number of nitrogens with zero attached hydrogens (tertiary/aromatic N) is 1. The van der Waals surface area contributed by atoms with Crippen molar-refractivity contribution < 1.29 is 4.79 Å². The van der Waals surface area contributed by atoms with Gasteiger partial charge in [0.1, 0.15) is 0 Å². The number of hydrogen-bond acceptors (Lipinski definition) is 2. The van der Waals surface area contributed by atoms with E-state index < -0.39 is 0 Å². The van der Waals surface area contributed by atoms with Crippen molar-refractivity contribution in [3.8, 4) is 0 Å². The first kappa shape index (κ1) is 8.71. The van der Waals surface area contributed by atoms with Crippen molar-refractivity contribution in [2.75, 3.05) is 13.6 Å². The highest BCUT2D eigenvalue weighted by Gasteiger charge is 1.95. The third-order valence-corrected chi connectivity index (χ3v) is 1.58. The Kier molecular flexibility index (Phi) is 3.26. The molecule has 0 spiro atoms. The lowest BCUT2D eigenvalue weighted by molar-refractivity contribution is -0.116. The van der Waals surface area contributed by atoms with Crippen LogP contribution < -0.4 is 5.32 Å². The maximum Gasteiger partial charge on any atom is 0.243 e. The van der Waals surface area contributed by atoms with E-state index in [4.69, 9.17) is 0 Å². The van der Waals surface area contributed by atoms with Gasteiger partial charge < -0.3 is 5.32 Å². The van der Waals surface area contributed by atoms with E-state index in [0.29, 0.717) is 6.54 Å². The van der Waals surface area contributed by atoms with Crippen molar-refractivity contribution in [3.63, 3.8) is 0 Å². The molecular weight excluding hydrogens is 152 g/mol. The Morgan fingerprint density at radius 1 is 1.75 bits per heavy atom. The zero-order valence-electron chi connectivity index (χ0n) is 7.08. The zero-order valence-corrected chi connectivity index (χ0v) is 7.08. The van der Waals surface area contributed by atoms with Gasteiger partial charge in [0.25, 0.3) is 0 Å². The molecule has 12 heavy (non-hydrogen) atoms. The molecule has 0 saturated carbocycles. The lowest BCUT2D eigenvalue weighted by Gasteiger charge is -2.01. The molecule has 0 bridgehead atoms. The fraction of sp³-hybridized carbons (Fsp3) is 0.333. The van der Waals surface area contributed by atoms with Gasteiger partial charge in [0.2, 0.25) is 5.91 Å². The summed E-state index contributed by atoms with van der Waals surface area (Å²) in [5.41, 5.74) is 1.10. The Balaban J connectivity index is 2.45. The van der Waals surface area contributed by atoms with Crippen LogP contribution in [-0.2, 0) is 4.79 Å². The lowest BCUT2D eigenvalue weighted by Crippen LogP contribution is -2.14. The number of carbonyl (C=O) groups is 1. The molecule has 1 heterocycles. The molecule has 0 atom stereocenters. The van der Waals surface area contributed by atoms with Crippen molar-refractivity contribution in [1.29, 1.82) is 0 Å². The average Bonchev–Trinajstić information content (AvgIpc) is 2.16. The number of likely N-dealkylation sites (N-methyl/N-ethyl adjacent to an activating group) is 1. The molecule has 0 saturated heterocycles. The van der Waals surface area contributed by atoms with Crippen LogP contribution in [0.4, 0.5) is 0 Å². The lowest BCUT2D eigenvalue weighted by atomic mass is 10.1. The molecule has 0 aromatic rings. The minimum atomic E-state index is -0.0783. The minimum Gasteiger partial charge on any atom is -0.356 e. The van der Waals surface area contributed by atoms with Crippen LogP contribution >= 0.6 is 0 Å². The molecule has 64 valence electrons. The van der Waals surface area contributed by atoms with Gasteiger partial charge >= 0.3 is 0 Å². The van der Waals surface area contributed by atoms with E-state index in [9.17, 15) is 4.79 Å². The Hall–Kier alpha value is -1.38. The number of rotatable bonds is 2. The number of carbonyl (C=O) groups excluding carboxylic acids is 1. The summed E-state index contributed by atoms with van der Waals surface area (Å²) in [6.07, 6.45) is 8.12. The fourth-order valence-corrected chi connectivity index (χ4v) is 0.900. The van der Waals surface area contributed by atoms with E-state index >= 15 is 0 Å². The number of dihydropyridines is 1. The first-order valence-electron chi connectivity index (χ1n) is 3.90. The number of hydrogen-bond donors (Lipinski definition) is 1. The van der Waals surface area contributed by atoms with Crippen molar-refractivity contribution in [2.45, 2.75) is 6.42 Å². The van der Waals surface area contributed by atoms with E-state index in [2.05, 4.69) is 16.4 Å². The van der Waals surface area contributed by atoms with Gasteiger partial charge in [-0.15, -0.1) is 0 Å². The highest BCUT2D eigenvalue weighted by Crippen LogP contribution is 2.03. The summed E-state index contributed by atoms with van der Waals surface area (Å²) < 4.78 is 0. The van der Waals surface area contributed by atoms with Crippen LogP contribution in [-0.4, -0.2) is 25.7 Å². The SMILES string of the molecule is CNC(=O)C=CC1=CCC=NC1. The monoisotopic (exact) mass is 164 g/mol. The number of aliphatic imine (C=N–C) groups is 1. The van der Waals surface area contributed by atoms with Crippen molar-refractivity contribution in [2.24, 2.45) is 4.99 Å². The van der Waals surface area contributed by atoms with Crippen LogP contribution in [0.1, 0.15) is 6.42 Å². The standard InChI is InChI=1S/C9H12N2O/c1-10-9(12)5-4-8-3-2-6-11-7-8/h3-6H,2,7H2,1H3,(H,10,12). The van der Waals surface area contributed by atoms with Gasteiger partial charge in [0, 0.05) is 25.8 Å². The van der Waals surface area contributed by atoms with Crippen LogP contribution in [0.2, 0.25) is 0 Å². The topological polar surface area (TPSA) is 41.5 Å². The molecule has 1 rings (SSSR count). The van der Waals surface area contributed by atoms with E-state index in [-0.39, 0.29) is 5.91 Å². The highest BCUT2D eigenvalue weighted by atomic mass is 16.1. The molecule has 3 nitrogen and oxygen atoms in total. The van der Waals surface area contributed by atoms with Crippen molar-refractivity contribution >= 4 is 12.1 Å². The summed E-state index contributed by atoms with van der Waals surface area (Å²) in [4.78, 5) is 14.9. The molecule has 1 N–H and O–H groups in total. The molecule has 0 fully saturated rings. The Morgan fingerprint density at radius 3 is 3.17 bits per heavy atom. The predicted molar refractivity (Wildman–Crippen MR) is 49.3 cm³/mol. The second kappa shape index (κ2) is 4.49. The molecule has 0 aromatic heterocycles. The van der Waals surface area contributed by atoms with Crippen molar-refractivity contribution in [1.82, 2.24) is 5.32 Å². The van der Waals surface area contributed by atoms with E-state index in [1.54, 1.807) is 13.1 Å². The van der Waals surface area contributed by atoms with Gasteiger partial charge in [0.15, 0.2) is 0 Å². The van der Waals surface area contributed by atoms with Gasteiger partial charge in [-0.2, -0.15) is 0 Å². The summed E-state index contributed by atoms with van der Waals surface area (Å²) in [7, 11) is 1.61. The van der Waals surface area contributed by atoms with Crippen LogP contribution in [0.25, 0.3) is 0 Å². The van der Waals surface area contributed by atoms with Gasteiger partial charge in [-0.25, -0.2) is 0 Å². The largest absolute Gasteiger partial charge is 0.356 e. The second-order valence-electron chi connectivity index (χ2n) is 2.49. The maximum absolute atomic E-state index is 10.8. The Labute approximate surface area is 71.9 Å². The van der Waals surface area contributed by atoms with E-state index in [1.165, 1.54) is 6.08 Å². The van der Waals surface area contributed by atoms with Gasteiger partial charge in [0.05, 0.1) is 6.54 Å². The summed E-state index contributed by atoms with van der Waals surface area (Å²) in [5.74, 6) is -0.0783. The van der Waals surface area contributed by atoms with Gasteiger partial charge in [-0.05, 0) is 5.57 Å². The summed E-state index contributed by atoms with van der Waals surface area (Å²) >= 11 is 0. The molecule has 3 heteroatoms. The molecule has 0 aromatic carbocycles. The Bertz CT molecular complexity index is 251. The summed E-state index contributed by atoms with van der Waals surface area (Å²) in [6.45, 7) is 0.688. The first-order chi connectivity index (χ1) is 5.83. The second-order valence-corrected chi connectivity index (χ2v) is 2.49. The molecule has 0 aliphatic carbocycles. The molecular formula is C9H12N2O. The molecule has 1 aliphatic heterocycles. The van der Waals surface area contributed by atoms with E-state index in [1.807, 2.05) is 6.21 Å². The third kappa shape index (κ3) is 2.70. The molecule has 1 amide bonds. The summed E-state index contributed by atoms with van der Waals surface area (Å²) in [5, 5.41) is 2.51. The fourth-order valence-electron chi connectivity index (χ4n) is 0.900. The van der Waals surface area contributed by atoms with Gasteiger partial charge in [-0.1, -0.05) is 12.2 Å². The van der Waals surface area contributed by atoms with Crippen molar-refractivity contribution in [3.05, 3.63) is 23.8 Å². The smallest absolute Gasteiger partial charge is 0.243 e. The number of allylic oxidation sites excluding steroid dienone is 1.